The van der Waals surface area contributed by atoms with Crippen LogP contribution in [-0.4, -0.2) is 5.24 Å². The molecule has 0 saturated carbocycles. The predicted octanol–water partition coefficient (Wildman–Crippen LogP) is 7.45. The van der Waals surface area contributed by atoms with Crippen LogP contribution in [0, 0.1) is 0 Å². The number of halogens is 1. The SMILES string of the molecule is CC/C=C/C/C=C/C/C=C/C/C=C/C/C=C/CCCCCC(=O)Cl. The smallest absolute Gasteiger partial charge is 0.221 e. The molecule has 1 nitrogen and oxygen atoms in total. The Morgan fingerprint density at radius 1 is 0.667 bits per heavy atom. The standard InChI is InChI=1S/C22H33ClO/c1-2-3-4-5-6-7-8-9-10-11-12-13-14-15-16-17-18-19-20-21-22(23)24/h3-4,6-7,9-10,12-13,15-16H,2,5,8,11,14,17-21H2,1H3/b4-3+,7-6+,10-9+,13-12+,16-15+. The zero-order valence-corrected chi connectivity index (χ0v) is 15.9. The first kappa shape index (κ1) is 22.7. The van der Waals surface area contributed by atoms with Gasteiger partial charge >= 0.3 is 0 Å². The van der Waals surface area contributed by atoms with Gasteiger partial charge in [0, 0.05) is 6.42 Å². The average Bonchev–Trinajstić information content (AvgIpc) is 2.56. The Kier molecular flexibility index (Phi) is 18.6. The second-order valence-electron chi connectivity index (χ2n) is 5.66. The summed E-state index contributed by atoms with van der Waals surface area (Å²) in [5.74, 6) is 0. The summed E-state index contributed by atoms with van der Waals surface area (Å²) in [6.45, 7) is 2.15. The lowest BCUT2D eigenvalue weighted by molar-refractivity contribution is -0.111. The lowest BCUT2D eigenvalue weighted by Crippen LogP contribution is -1.85. The number of carbonyl (C=O) groups excluding carboxylic acids is 1. The highest BCUT2D eigenvalue weighted by Gasteiger charge is 1.94. The molecule has 0 aliphatic carbocycles. The summed E-state index contributed by atoms with van der Waals surface area (Å²) in [5, 5.41) is -0.218. The van der Waals surface area contributed by atoms with E-state index in [0.29, 0.717) is 6.42 Å². The molecule has 134 valence electrons. The first-order valence-corrected chi connectivity index (χ1v) is 9.58. The maximum Gasteiger partial charge on any atom is 0.221 e. The second-order valence-corrected chi connectivity index (χ2v) is 6.08. The molecule has 0 aromatic heterocycles. The van der Waals surface area contributed by atoms with E-state index in [2.05, 4.69) is 67.7 Å². The minimum atomic E-state index is -0.218. The average molecular weight is 349 g/mol. The fourth-order valence-electron chi connectivity index (χ4n) is 2.07. The molecule has 0 saturated heterocycles. The van der Waals surface area contributed by atoms with Gasteiger partial charge in [0.2, 0.25) is 5.24 Å². The fraction of sp³-hybridized carbons (Fsp3) is 0.500. The normalized spacial score (nSPS) is 12.8. The quantitative estimate of drug-likeness (QED) is 0.170. The van der Waals surface area contributed by atoms with Crippen LogP contribution in [0.1, 0.15) is 71.1 Å². The molecule has 0 atom stereocenters. The van der Waals surface area contributed by atoms with Crippen molar-refractivity contribution in [3.8, 4) is 0 Å². The van der Waals surface area contributed by atoms with Crippen molar-refractivity contribution in [3.05, 3.63) is 60.8 Å². The highest BCUT2D eigenvalue weighted by molar-refractivity contribution is 6.63. The van der Waals surface area contributed by atoms with E-state index >= 15 is 0 Å². The zero-order chi connectivity index (χ0) is 17.7. The van der Waals surface area contributed by atoms with Crippen molar-refractivity contribution in [2.24, 2.45) is 0 Å². The number of allylic oxidation sites excluding steroid dienone is 10. The number of hydrogen-bond donors (Lipinski definition) is 0. The van der Waals surface area contributed by atoms with Crippen LogP contribution in [0.3, 0.4) is 0 Å². The lowest BCUT2D eigenvalue weighted by Gasteiger charge is -1.94. The summed E-state index contributed by atoms with van der Waals surface area (Å²) in [5.41, 5.74) is 0. The van der Waals surface area contributed by atoms with Crippen LogP contribution in [-0.2, 0) is 4.79 Å². The summed E-state index contributed by atoms with van der Waals surface area (Å²) in [6.07, 6.45) is 32.0. The van der Waals surface area contributed by atoms with Crippen molar-refractivity contribution >= 4 is 16.8 Å². The Labute approximate surface area is 153 Å². The molecule has 0 aromatic rings. The Balaban J connectivity index is 3.42. The zero-order valence-electron chi connectivity index (χ0n) is 15.1. The molecule has 0 amide bonds. The molecule has 0 aliphatic heterocycles. The van der Waals surface area contributed by atoms with Gasteiger partial charge in [0.1, 0.15) is 0 Å². The van der Waals surface area contributed by atoms with Gasteiger partial charge < -0.3 is 0 Å². The number of unbranched alkanes of at least 4 members (excludes halogenated alkanes) is 3. The van der Waals surface area contributed by atoms with Gasteiger partial charge in [-0.2, -0.15) is 0 Å². The molecule has 0 heterocycles. The van der Waals surface area contributed by atoms with Crippen molar-refractivity contribution in [1.29, 1.82) is 0 Å². The first-order valence-electron chi connectivity index (χ1n) is 9.20. The number of hydrogen-bond acceptors (Lipinski definition) is 1. The fourth-order valence-corrected chi connectivity index (χ4v) is 2.21. The van der Waals surface area contributed by atoms with Crippen LogP contribution in [0.4, 0.5) is 0 Å². The van der Waals surface area contributed by atoms with E-state index in [1.165, 1.54) is 0 Å². The molecule has 0 aromatic carbocycles. The maximum atomic E-state index is 10.6. The van der Waals surface area contributed by atoms with Crippen molar-refractivity contribution in [2.45, 2.75) is 71.1 Å². The molecule has 0 radical (unpaired) electrons. The van der Waals surface area contributed by atoms with Crippen LogP contribution in [0.15, 0.2) is 60.8 Å². The van der Waals surface area contributed by atoms with Gasteiger partial charge in [-0.15, -0.1) is 0 Å². The maximum absolute atomic E-state index is 10.6. The van der Waals surface area contributed by atoms with Crippen molar-refractivity contribution in [2.75, 3.05) is 0 Å². The third kappa shape index (κ3) is 20.7. The van der Waals surface area contributed by atoms with Crippen LogP contribution < -0.4 is 0 Å². The van der Waals surface area contributed by atoms with Crippen molar-refractivity contribution in [1.82, 2.24) is 0 Å². The molecule has 0 rings (SSSR count). The number of carbonyl (C=O) groups is 1. The van der Waals surface area contributed by atoms with Gasteiger partial charge in [-0.25, -0.2) is 0 Å². The van der Waals surface area contributed by atoms with E-state index in [1.807, 2.05) is 0 Å². The van der Waals surface area contributed by atoms with Crippen LogP contribution in [0.2, 0.25) is 0 Å². The Morgan fingerprint density at radius 2 is 1.12 bits per heavy atom. The predicted molar refractivity (Wildman–Crippen MR) is 108 cm³/mol. The van der Waals surface area contributed by atoms with E-state index < -0.39 is 0 Å². The van der Waals surface area contributed by atoms with Crippen molar-refractivity contribution < 1.29 is 4.79 Å². The highest BCUT2D eigenvalue weighted by atomic mass is 35.5. The molecular weight excluding hydrogens is 316 g/mol. The van der Waals surface area contributed by atoms with Gasteiger partial charge in [-0.3, -0.25) is 4.79 Å². The lowest BCUT2D eigenvalue weighted by atomic mass is 10.1. The monoisotopic (exact) mass is 348 g/mol. The molecule has 2 heteroatoms. The van der Waals surface area contributed by atoms with E-state index in [0.717, 1.165) is 57.8 Å². The Hall–Kier alpha value is -1.34. The molecule has 24 heavy (non-hydrogen) atoms. The van der Waals surface area contributed by atoms with E-state index in [9.17, 15) is 4.79 Å². The second kappa shape index (κ2) is 19.7. The summed E-state index contributed by atoms with van der Waals surface area (Å²) < 4.78 is 0. The van der Waals surface area contributed by atoms with Crippen molar-refractivity contribution in [3.63, 3.8) is 0 Å². The molecule has 0 bridgehead atoms. The Bertz CT molecular complexity index is 427. The topological polar surface area (TPSA) is 17.1 Å². The molecule has 0 unspecified atom stereocenters. The minimum Gasteiger partial charge on any atom is -0.281 e. The third-order valence-electron chi connectivity index (χ3n) is 3.40. The molecule has 0 N–H and O–H groups in total. The van der Waals surface area contributed by atoms with E-state index in [4.69, 9.17) is 11.6 Å². The van der Waals surface area contributed by atoms with Gasteiger partial charge in [0.05, 0.1) is 0 Å². The van der Waals surface area contributed by atoms with Gasteiger partial charge in [0.25, 0.3) is 0 Å². The molecular formula is C22H33ClO. The minimum absolute atomic E-state index is 0.218. The van der Waals surface area contributed by atoms with Crippen LogP contribution >= 0.6 is 11.6 Å². The van der Waals surface area contributed by atoms with E-state index in [1.54, 1.807) is 0 Å². The van der Waals surface area contributed by atoms with Crippen LogP contribution in [0.5, 0.6) is 0 Å². The highest BCUT2D eigenvalue weighted by Crippen LogP contribution is 2.05. The number of rotatable bonds is 15. The van der Waals surface area contributed by atoms with Crippen LogP contribution in [0.25, 0.3) is 0 Å². The summed E-state index contributed by atoms with van der Waals surface area (Å²) in [6, 6.07) is 0. The van der Waals surface area contributed by atoms with E-state index in [-0.39, 0.29) is 5.24 Å². The van der Waals surface area contributed by atoms with Gasteiger partial charge in [0.15, 0.2) is 0 Å². The van der Waals surface area contributed by atoms with Gasteiger partial charge in [-0.1, -0.05) is 74.1 Å². The molecule has 0 spiro atoms. The third-order valence-corrected chi connectivity index (χ3v) is 3.59. The summed E-state index contributed by atoms with van der Waals surface area (Å²) >= 11 is 5.29. The molecule has 0 fully saturated rings. The largest absolute Gasteiger partial charge is 0.281 e. The first-order chi connectivity index (χ1) is 11.8. The van der Waals surface area contributed by atoms with Gasteiger partial charge in [-0.05, 0) is 63.0 Å². The summed E-state index contributed by atoms with van der Waals surface area (Å²) in [7, 11) is 0. The summed E-state index contributed by atoms with van der Waals surface area (Å²) in [4.78, 5) is 10.6. The molecule has 0 aliphatic rings. The Morgan fingerprint density at radius 3 is 1.58 bits per heavy atom.